The summed E-state index contributed by atoms with van der Waals surface area (Å²) in [7, 11) is -2.55. The highest BCUT2D eigenvalue weighted by Crippen LogP contribution is 2.36. The second-order valence-corrected chi connectivity index (χ2v) is 8.72. The number of aryl methyl sites for hydroxylation is 1. The molecule has 1 N–H and O–H groups in total. The topological polar surface area (TPSA) is 66.5 Å². The molecule has 0 fully saturated rings. The number of carbonyl (C=O) groups excluding carboxylic acids is 1. The largest absolute Gasteiger partial charge is 0.417 e. The number of nitrogens with zero attached hydrogens (tertiary/aromatic N) is 1. The van der Waals surface area contributed by atoms with E-state index in [1.165, 1.54) is 13.1 Å². The summed E-state index contributed by atoms with van der Waals surface area (Å²) in [4.78, 5) is 12.1. The fourth-order valence-electron chi connectivity index (χ4n) is 2.44. The van der Waals surface area contributed by atoms with E-state index in [1.807, 2.05) is 13.0 Å². The van der Waals surface area contributed by atoms with E-state index in [2.05, 4.69) is 5.32 Å². The summed E-state index contributed by atoms with van der Waals surface area (Å²) >= 11 is 5.53. The molecule has 152 valence electrons. The maximum Gasteiger partial charge on any atom is 0.417 e. The molecule has 0 radical (unpaired) electrons. The summed E-state index contributed by atoms with van der Waals surface area (Å²) in [6.07, 6.45) is -4.67. The molecule has 0 bridgehead atoms. The van der Waals surface area contributed by atoms with Crippen molar-refractivity contribution < 1.29 is 26.4 Å². The molecule has 0 atom stereocenters. The summed E-state index contributed by atoms with van der Waals surface area (Å²) in [6, 6.07) is 9.85. The van der Waals surface area contributed by atoms with Crippen LogP contribution in [0, 0.1) is 6.92 Å². The van der Waals surface area contributed by atoms with Crippen molar-refractivity contribution in [3.8, 4) is 0 Å². The molecule has 5 nitrogen and oxygen atoms in total. The Bertz CT molecular complexity index is 978. The number of amides is 1. The number of benzene rings is 2. The van der Waals surface area contributed by atoms with Crippen molar-refractivity contribution in [2.45, 2.75) is 18.9 Å². The van der Waals surface area contributed by atoms with E-state index in [-0.39, 0.29) is 11.4 Å². The molecule has 10 heteroatoms. The average molecular weight is 435 g/mol. The summed E-state index contributed by atoms with van der Waals surface area (Å²) in [6.45, 7) is 1.28. The first-order valence-corrected chi connectivity index (χ1v) is 10.0. The Balaban J connectivity index is 2.06. The molecule has 0 aliphatic carbocycles. The molecule has 2 aromatic rings. The van der Waals surface area contributed by atoms with Gasteiger partial charge < -0.3 is 5.32 Å². The number of anilines is 1. The lowest BCUT2D eigenvalue weighted by molar-refractivity contribution is -0.137. The third kappa shape index (κ3) is 5.95. The Morgan fingerprint density at radius 1 is 1.18 bits per heavy atom. The van der Waals surface area contributed by atoms with Gasteiger partial charge in [-0.3, -0.25) is 4.79 Å². The number of carbonyl (C=O) groups is 1. The van der Waals surface area contributed by atoms with Gasteiger partial charge in [-0.15, -0.1) is 0 Å². The Labute approximate surface area is 166 Å². The third-order valence-electron chi connectivity index (χ3n) is 3.83. The number of halogens is 4. The number of hydrogen-bond acceptors (Lipinski definition) is 3. The predicted octanol–water partition coefficient (Wildman–Crippen LogP) is 4.07. The van der Waals surface area contributed by atoms with Crippen LogP contribution in [0.2, 0.25) is 5.02 Å². The molecule has 0 aromatic heterocycles. The van der Waals surface area contributed by atoms with E-state index in [0.29, 0.717) is 11.6 Å². The van der Waals surface area contributed by atoms with Crippen LogP contribution in [0.1, 0.15) is 16.7 Å². The third-order valence-corrected chi connectivity index (χ3v) is 5.93. The molecule has 0 heterocycles. The quantitative estimate of drug-likeness (QED) is 0.745. The molecule has 0 unspecified atom stereocenters. The fourth-order valence-corrected chi connectivity index (χ4v) is 3.80. The van der Waals surface area contributed by atoms with E-state index >= 15 is 0 Å². The van der Waals surface area contributed by atoms with Gasteiger partial charge in [0.15, 0.2) is 0 Å². The zero-order chi connectivity index (χ0) is 21.1. The minimum absolute atomic E-state index is 0.133. The predicted molar refractivity (Wildman–Crippen MR) is 102 cm³/mol. The molecule has 0 saturated heterocycles. The molecule has 0 spiro atoms. The van der Waals surface area contributed by atoms with Crippen molar-refractivity contribution in [2.24, 2.45) is 0 Å². The van der Waals surface area contributed by atoms with Crippen LogP contribution in [-0.4, -0.2) is 32.2 Å². The van der Waals surface area contributed by atoms with Crippen LogP contribution >= 0.6 is 11.6 Å². The molecular formula is C18H18ClF3N2O3S. The average Bonchev–Trinajstić information content (AvgIpc) is 2.55. The number of hydrogen-bond donors (Lipinski definition) is 1. The van der Waals surface area contributed by atoms with E-state index in [9.17, 15) is 26.4 Å². The van der Waals surface area contributed by atoms with Crippen LogP contribution in [-0.2, 0) is 26.7 Å². The van der Waals surface area contributed by atoms with Crippen LogP contribution in [0.5, 0.6) is 0 Å². The van der Waals surface area contributed by atoms with Gasteiger partial charge in [0, 0.05) is 12.7 Å². The first-order chi connectivity index (χ1) is 12.9. The van der Waals surface area contributed by atoms with Gasteiger partial charge in [0.2, 0.25) is 15.9 Å². The summed E-state index contributed by atoms with van der Waals surface area (Å²) in [5.74, 6) is -1.07. The highest BCUT2D eigenvalue weighted by atomic mass is 35.5. The Kier molecular flexibility index (Phi) is 6.74. The van der Waals surface area contributed by atoms with E-state index in [0.717, 1.165) is 15.9 Å². The van der Waals surface area contributed by atoms with Gasteiger partial charge in [-0.1, -0.05) is 41.4 Å². The smallest absolute Gasteiger partial charge is 0.325 e. The molecular weight excluding hydrogens is 417 g/mol. The van der Waals surface area contributed by atoms with Crippen molar-refractivity contribution in [2.75, 3.05) is 18.9 Å². The Hall–Kier alpha value is -2.10. The van der Waals surface area contributed by atoms with Gasteiger partial charge in [0.05, 0.1) is 22.9 Å². The molecule has 28 heavy (non-hydrogen) atoms. The number of nitrogens with one attached hydrogen (secondary N) is 1. The SMILES string of the molecule is Cc1cccc(CS(=O)(=O)N(C)CC(=O)Nc2ccc(Cl)c(C(F)(F)F)c2)c1. The maximum absolute atomic E-state index is 12.9. The second kappa shape index (κ2) is 8.50. The lowest BCUT2D eigenvalue weighted by atomic mass is 10.2. The van der Waals surface area contributed by atoms with Gasteiger partial charge in [-0.25, -0.2) is 8.42 Å². The van der Waals surface area contributed by atoms with Crippen LogP contribution in [0.25, 0.3) is 0 Å². The van der Waals surface area contributed by atoms with E-state index < -0.39 is 39.2 Å². The van der Waals surface area contributed by atoms with Crippen LogP contribution in [0.3, 0.4) is 0 Å². The van der Waals surface area contributed by atoms with Crippen molar-refractivity contribution in [1.82, 2.24) is 4.31 Å². The number of alkyl halides is 3. The molecule has 2 aromatic carbocycles. The van der Waals surface area contributed by atoms with Crippen LogP contribution in [0.4, 0.5) is 18.9 Å². The van der Waals surface area contributed by atoms with Crippen molar-refractivity contribution in [3.63, 3.8) is 0 Å². The summed E-state index contributed by atoms with van der Waals surface area (Å²) in [5.41, 5.74) is 0.245. The zero-order valence-corrected chi connectivity index (χ0v) is 16.6. The van der Waals surface area contributed by atoms with Crippen molar-refractivity contribution in [1.29, 1.82) is 0 Å². The Morgan fingerprint density at radius 3 is 2.46 bits per heavy atom. The number of sulfonamides is 1. The lowest BCUT2D eigenvalue weighted by Gasteiger charge is -2.17. The second-order valence-electron chi connectivity index (χ2n) is 6.24. The highest BCUT2D eigenvalue weighted by molar-refractivity contribution is 7.88. The first-order valence-electron chi connectivity index (χ1n) is 8.04. The normalized spacial score (nSPS) is 12.2. The minimum Gasteiger partial charge on any atom is -0.325 e. The molecule has 0 aliphatic heterocycles. The van der Waals surface area contributed by atoms with Gasteiger partial charge in [0.25, 0.3) is 0 Å². The van der Waals surface area contributed by atoms with Gasteiger partial charge in [-0.05, 0) is 30.7 Å². The molecule has 2 rings (SSSR count). The highest BCUT2D eigenvalue weighted by Gasteiger charge is 2.33. The number of likely N-dealkylation sites (N-methyl/N-ethyl adjacent to an activating group) is 1. The summed E-state index contributed by atoms with van der Waals surface area (Å²) in [5, 5.41) is 1.76. The zero-order valence-electron chi connectivity index (χ0n) is 15.0. The molecule has 0 saturated carbocycles. The summed E-state index contributed by atoms with van der Waals surface area (Å²) < 4.78 is 64.3. The van der Waals surface area contributed by atoms with Gasteiger partial charge >= 0.3 is 6.18 Å². The fraction of sp³-hybridized carbons (Fsp3) is 0.278. The lowest BCUT2D eigenvalue weighted by Crippen LogP contribution is -2.35. The van der Waals surface area contributed by atoms with Gasteiger partial charge in [0.1, 0.15) is 0 Å². The van der Waals surface area contributed by atoms with Gasteiger partial charge in [-0.2, -0.15) is 17.5 Å². The van der Waals surface area contributed by atoms with E-state index in [4.69, 9.17) is 11.6 Å². The molecule has 0 aliphatic rings. The standard InChI is InChI=1S/C18H18ClF3N2O3S/c1-12-4-3-5-13(8-12)11-28(26,27)24(2)10-17(25)23-14-6-7-16(19)15(9-14)18(20,21)22/h3-9H,10-11H2,1-2H3,(H,23,25). The maximum atomic E-state index is 12.9. The Morgan fingerprint density at radius 2 is 1.86 bits per heavy atom. The van der Waals surface area contributed by atoms with Crippen LogP contribution in [0.15, 0.2) is 42.5 Å². The first kappa shape index (κ1) is 22.2. The monoisotopic (exact) mass is 434 g/mol. The van der Waals surface area contributed by atoms with Crippen LogP contribution < -0.4 is 5.32 Å². The molecule has 1 amide bonds. The van der Waals surface area contributed by atoms with Crippen molar-refractivity contribution >= 4 is 33.2 Å². The number of rotatable bonds is 6. The minimum atomic E-state index is -4.67. The van der Waals surface area contributed by atoms with Crippen molar-refractivity contribution in [3.05, 3.63) is 64.2 Å². The van der Waals surface area contributed by atoms with E-state index in [1.54, 1.807) is 18.2 Å².